The molecule has 0 amide bonds. The van der Waals surface area contributed by atoms with Gasteiger partial charge in [-0.15, -0.1) is 9.78 Å². The van der Waals surface area contributed by atoms with Crippen molar-refractivity contribution < 1.29 is 23.4 Å². The van der Waals surface area contributed by atoms with Crippen molar-refractivity contribution in [1.82, 2.24) is 24.3 Å². The highest BCUT2D eigenvalue weighted by molar-refractivity contribution is 5.98. The number of rotatable bonds is 11. The third-order valence-corrected chi connectivity index (χ3v) is 5.31. The summed E-state index contributed by atoms with van der Waals surface area (Å²) in [5, 5.41) is 15.3. The second-order valence-corrected chi connectivity index (χ2v) is 7.94. The Morgan fingerprint density at radius 1 is 1.15 bits per heavy atom. The average Bonchev–Trinajstić information content (AvgIpc) is 3.26. The molecule has 0 saturated carbocycles. The molecule has 39 heavy (non-hydrogen) atoms. The van der Waals surface area contributed by atoms with Crippen molar-refractivity contribution in [1.29, 1.82) is 5.41 Å². The van der Waals surface area contributed by atoms with E-state index in [-0.39, 0.29) is 47.8 Å². The van der Waals surface area contributed by atoms with E-state index in [1.54, 1.807) is 24.3 Å². The number of hydrogen-bond donors (Lipinski definition) is 3. The largest absolute Gasteiger partial charge is 0.497 e. The molecule has 0 unspecified atom stereocenters. The van der Waals surface area contributed by atoms with Crippen LogP contribution in [0.4, 0.5) is 10.1 Å². The topological polar surface area (TPSA) is 172 Å². The zero-order valence-corrected chi connectivity index (χ0v) is 21.1. The predicted molar refractivity (Wildman–Crippen MR) is 139 cm³/mol. The van der Waals surface area contributed by atoms with Gasteiger partial charge in [0.1, 0.15) is 36.4 Å². The van der Waals surface area contributed by atoms with Gasteiger partial charge in [-0.05, 0) is 30.3 Å². The van der Waals surface area contributed by atoms with Crippen molar-refractivity contribution in [2.24, 2.45) is 5.73 Å². The molecule has 2 aromatic heterocycles. The van der Waals surface area contributed by atoms with Crippen molar-refractivity contribution in [2.75, 3.05) is 25.7 Å². The summed E-state index contributed by atoms with van der Waals surface area (Å²) in [5.74, 6) is 0.170. The van der Waals surface area contributed by atoms with E-state index in [4.69, 9.17) is 25.4 Å². The maximum absolute atomic E-state index is 13.6. The Kier molecular flexibility index (Phi) is 8.14. The van der Waals surface area contributed by atoms with Crippen molar-refractivity contribution in [2.45, 2.75) is 13.5 Å². The molecule has 2 heterocycles. The number of benzene rings is 2. The van der Waals surface area contributed by atoms with E-state index in [1.165, 1.54) is 49.2 Å². The van der Waals surface area contributed by atoms with Crippen molar-refractivity contribution in [3.05, 3.63) is 76.7 Å². The second kappa shape index (κ2) is 11.9. The minimum Gasteiger partial charge on any atom is -0.497 e. The third-order valence-electron chi connectivity index (χ3n) is 5.31. The van der Waals surface area contributed by atoms with Crippen LogP contribution in [0.1, 0.15) is 18.3 Å². The number of carbonyl (C=O) groups is 1. The summed E-state index contributed by atoms with van der Waals surface area (Å²) in [7, 11) is 1.47. The Bertz CT molecular complexity index is 1550. The Morgan fingerprint density at radius 2 is 1.92 bits per heavy atom. The van der Waals surface area contributed by atoms with Crippen LogP contribution in [0.2, 0.25) is 0 Å². The highest BCUT2D eigenvalue weighted by Crippen LogP contribution is 2.29. The number of nitrogens with two attached hydrogens (primary N) is 1. The van der Waals surface area contributed by atoms with Gasteiger partial charge < -0.3 is 25.3 Å². The summed E-state index contributed by atoms with van der Waals surface area (Å²) >= 11 is 0. The highest BCUT2D eigenvalue weighted by Gasteiger charge is 2.21. The van der Waals surface area contributed by atoms with Gasteiger partial charge >= 0.3 is 11.7 Å². The Balaban J connectivity index is 1.78. The molecule has 4 N–H and O–H groups in total. The molecular formula is C25H25FN8O5. The van der Waals surface area contributed by atoms with Gasteiger partial charge in [0.2, 0.25) is 0 Å². The molecule has 202 valence electrons. The fraction of sp³-hybridized carbons (Fsp3) is 0.200. The Morgan fingerprint density at radius 3 is 2.59 bits per heavy atom. The molecule has 2 aromatic carbocycles. The molecule has 4 rings (SSSR count). The lowest BCUT2D eigenvalue weighted by Crippen LogP contribution is -2.25. The first kappa shape index (κ1) is 26.8. The van der Waals surface area contributed by atoms with Crippen LogP contribution in [0.15, 0.2) is 59.7 Å². The Hall–Kier alpha value is -5.27. The number of esters is 1. The number of anilines is 1. The second-order valence-electron chi connectivity index (χ2n) is 7.94. The molecule has 4 aromatic rings. The lowest BCUT2D eigenvalue weighted by atomic mass is 10.1. The quantitative estimate of drug-likeness (QED) is 0.111. The van der Waals surface area contributed by atoms with E-state index in [1.807, 2.05) is 0 Å². The van der Waals surface area contributed by atoms with E-state index in [2.05, 4.69) is 20.4 Å². The number of nitrogen functional groups attached to an aromatic ring is 1. The Labute approximate surface area is 221 Å². The number of amidine groups is 1. The molecule has 0 aliphatic carbocycles. The number of nitrogens with zero attached hydrogens (tertiary/aromatic N) is 5. The number of halogens is 1. The molecule has 0 aliphatic heterocycles. The van der Waals surface area contributed by atoms with Gasteiger partial charge in [0.15, 0.2) is 5.82 Å². The summed E-state index contributed by atoms with van der Waals surface area (Å²) in [6, 6.07) is 11.0. The number of nitrogens with one attached hydrogen (secondary N) is 2. The van der Waals surface area contributed by atoms with Crippen LogP contribution in [0.5, 0.6) is 17.2 Å². The minimum atomic E-state index is -0.738. The van der Waals surface area contributed by atoms with Gasteiger partial charge in [-0.1, -0.05) is 0 Å². The number of alkyl halides is 1. The van der Waals surface area contributed by atoms with Gasteiger partial charge in [-0.25, -0.2) is 23.7 Å². The van der Waals surface area contributed by atoms with Crippen LogP contribution in [0.25, 0.3) is 11.6 Å². The maximum Gasteiger partial charge on any atom is 0.358 e. The van der Waals surface area contributed by atoms with Gasteiger partial charge in [0, 0.05) is 37.1 Å². The minimum absolute atomic E-state index is 0.00256. The number of carbonyl (C=O) groups excluding carboxylic acids is 1. The van der Waals surface area contributed by atoms with E-state index >= 15 is 0 Å². The van der Waals surface area contributed by atoms with Crippen LogP contribution in [0, 0.1) is 5.41 Å². The highest BCUT2D eigenvalue weighted by atomic mass is 19.1. The summed E-state index contributed by atoms with van der Waals surface area (Å²) in [6.07, 6.45) is 2.95. The molecule has 0 atom stereocenters. The average molecular weight is 537 g/mol. The van der Waals surface area contributed by atoms with E-state index in [0.717, 1.165) is 4.68 Å². The zero-order chi connectivity index (χ0) is 27.9. The molecule has 0 saturated heterocycles. The van der Waals surface area contributed by atoms with Crippen molar-refractivity contribution in [3.63, 3.8) is 0 Å². The van der Waals surface area contributed by atoms with Crippen LogP contribution >= 0.6 is 0 Å². The molecular weight excluding hydrogens is 511 g/mol. The van der Waals surface area contributed by atoms with Gasteiger partial charge in [-0.3, -0.25) is 10.2 Å². The summed E-state index contributed by atoms with van der Waals surface area (Å²) in [4.78, 5) is 33.4. The first-order valence-corrected chi connectivity index (χ1v) is 11.6. The monoisotopic (exact) mass is 536 g/mol. The SMILES string of the molecule is COc1ccc(-n2c(CNc3ccc(C(=N)N)c(OC(C)=O)c3)nn(-c3ncccn3)c2=O)c(OCCF)c1. The van der Waals surface area contributed by atoms with Crippen LogP contribution in [0.3, 0.4) is 0 Å². The normalized spacial score (nSPS) is 10.6. The molecule has 0 aliphatic rings. The first-order valence-electron chi connectivity index (χ1n) is 11.6. The number of hydrogen-bond acceptors (Lipinski definition) is 10. The van der Waals surface area contributed by atoms with E-state index < -0.39 is 18.3 Å². The smallest absolute Gasteiger partial charge is 0.358 e. The molecule has 14 heteroatoms. The summed E-state index contributed by atoms with van der Waals surface area (Å²) in [6.45, 7) is 0.263. The number of methoxy groups -OCH3 is 1. The lowest BCUT2D eigenvalue weighted by Gasteiger charge is -2.14. The number of ether oxygens (including phenoxy) is 3. The molecule has 13 nitrogen and oxygen atoms in total. The standard InChI is InChI=1S/C25H25FN8O5/c1-15(35)39-20-12-16(4-6-18(20)23(27)28)31-14-22-32-34(24-29-9-3-10-30-24)25(36)33(22)19-7-5-17(37-2)13-21(19)38-11-8-26/h3-7,9-10,12-13,31H,8,11,14H2,1-2H3,(H3,27,28). The van der Waals surface area contributed by atoms with Crippen molar-refractivity contribution >= 4 is 17.5 Å². The summed E-state index contributed by atoms with van der Waals surface area (Å²) < 4.78 is 31.3. The van der Waals surface area contributed by atoms with Crippen molar-refractivity contribution in [3.8, 4) is 28.9 Å². The van der Waals surface area contributed by atoms with Crippen LogP contribution in [-0.2, 0) is 11.3 Å². The van der Waals surface area contributed by atoms with E-state index in [0.29, 0.717) is 17.1 Å². The fourth-order valence-corrected chi connectivity index (χ4v) is 3.64. The molecule has 0 bridgehead atoms. The predicted octanol–water partition coefficient (Wildman–Crippen LogP) is 1.99. The fourth-order valence-electron chi connectivity index (χ4n) is 3.64. The molecule has 0 radical (unpaired) electrons. The lowest BCUT2D eigenvalue weighted by molar-refractivity contribution is -0.131. The summed E-state index contributed by atoms with van der Waals surface area (Å²) in [5.41, 5.74) is 6.03. The zero-order valence-electron chi connectivity index (χ0n) is 21.1. The molecule has 0 spiro atoms. The van der Waals surface area contributed by atoms with Gasteiger partial charge in [-0.2, -0.15) is 0 Å². The third kappa shape index (κ3) is 6.01. The van der Waals surface area contributed by atoms with E-state index in [9.17, 15) is 14.0 Å². The van der Waals surface area contributed by atoms with Gasteiger partial charge in [0.05, 0.1) is 24.9 Å². The maximum atomic E-state index is 13.6. The van der Waals surface area contributed by atoms with Crippen LogP contribution < -0.4 is 31.0 Å². The first-order chi connectivity index (χ1) is 18.8. The van der Waals surface area contributed by atoms with Crippen LogP contribution in [-0.4, -0.2) is 56.5 Å². The molecule has 0 fully saturated rings. The van der Waals surface area contributed by atoms with Gasteiger partial charge in [0.25, 0.3) is 5.95 Å². The number of aromatic nitrogens is 5.